The molecule has 1 saturated heterocycles. The fourth-order valence-corrected chi connectivity index (χ4v) is 6.87. The van der Waals surface area contributed by atoms with E-state index in [1.807, 2.05) is 28.5 Å². The number of nitrogens with zero attached hydrogens (tertiary/aromatic N) is 2. The van der Waals surface area contributed by atoms with Crippen LogP contribution in [0.1, 0.15) is 13.8 Å². The van der Waals surface area contributed by atoms with Crippen LogP contribution in [0.4, 0.5) is 11.6 Å². The Morgan fingerprint density at radius 3 is 2.48 bits per heavy atom. The van der Waals surface area contributed by atoms with Gasteiger partial charge in [-0.25, -0.2) is 12.1 Å². The smallest absolute Gasteiger partial charge is 0.204 e. The van der Waals surface area contributed by atoms with Crippen molar-refractivity contribution in [1.29, 1.82) is 0 Å². The third kappa shape index (κ3) is 4.48. The van der Waals surface area contributed by atoms with Crippen molar-refractivity contribution < 1.29 is 17.6 Å². The van der Waals surface area contributed by atoms with E-state index in [0.29, 0.717) is 59.7 Å². The van der Waals surface area contributed by atoms with Crippen LogP contribution in [0.3, 0.4) is 0 Å². The Bertz CT molecular complexity index is 1170. The minimum atomic E-state index is -1.39. The SMILES string of the molecule is CCS(=O)N(c1cccc(-c2csc3c(=O)cc(N4CCOCC4)oc23)c1)S(=O)CC. The fourth-order valence-electron chi connectivity index (χ4n) is 3.42. The molecule has 0 bridgehead atoms. The second-order valence-electron chi connectivity index (χ2n) is 6.88. The summed E-state index contributed by atoms with van der Waals surface area (Å²) in [6.07, 6.45) is 0. The minimum absolute atomic E-state index is 0.0732. The topological polar surface area (TPSA) is 80.1 Å². The summed E-state index contributed by atoms with van der Waals surface area (Å²) in [4.78, 5) is 14.7. The maximum Gasteiger partial charge on any atom is 0.204 e. The van der Waals surface area contributed by atoms with Crippen LogP contribution < -0.4 is 14.0 Å². The lowest BCUT2D eigenvalue weighted by Crippen LogP contribution is -2.36. The van der Waals surface area contributed by atoms with E-state index in [0.717, 1.165) is 11.1 Å². The first-order valence-electron chi connectivity index (χ1n) is 10.1. The summed E-state index contributed by atoms with van der Waals surface area (Å²) in [6.45, 7) is 6.13. The Morgan fingerprint density at radius 2 is 1.81 bits per heavy atom. The molecule has 0 spiro atoms. The van der Waals surface area contributed by atoms with E-state index in [4.69, 9.17) is 9.15 Å². The van der Waals surface area contributed by atoms with Crippen LogP contribution in [0.5, 0.6) is 0 Å². The fraction of sp³-hybridized carbons (Fsp3) is 0.381. The highest BCUT2D eigenvalue weighted by atomic mass is 32.3. The molecule has 7 nitrogen and oxygen atoms in total. The summed E-state index contributed by atoms with van der Waals surface area (Å²) in [7, 11) is -2.79. The highest BCUT2D eigenvalue weighted by Crippen LogP contribution is 2.36. The first-order chi connectivity index (χ1) is 15.0. The van der Waals surface area contributed by atoms with Gasteiger partial charge in [-0.2, -0.15) is 0 Å². The largest absolute Gasteiger partial charge is 0.439 e. The number of benzene rings is 1. The first kappa shape index (κ1) is 22.2. The molecule has 4 rings (SSSR count). The zero-order valence-electron chi connectivity index (χ0n) is 17.4. The van der Waals surface area contributed by atoms with E-state index in [2.05, 4.69) is 0 Å². The molecule has 0 N–H and O–H groups in total. The summed E-state index contributed by atoms with van der Waals surface area (Å²) in [6, 6.07) is 8.94. The predicted octanol–water partition coefficient (Wildman–Crippen LogP) is 3.53. The number of thiophene rings is 1. The van der Waals surface area contributed by atoms with Gasteiger partial charge in [0.2, 0.25) is 5.43 Å². The molecule has 1 fully saturated rings. The van der Waals surface area contributed by atoms with E-state index < -0.39 is 22.0 Å². The maximum atomic E-state index is 12.7. The standard InChI is InChI=1S/C21H24N2O5S3/c1-3-30(25)23(31(26)4-2)16-7-5-6-15(12-16)17-14-29-21-18(24)13-19(28-20(17)21)22-8-10-27-11-9-22/h5-7,12-14H,3-4,8-11H2,1-2H3. The van der Waals surface area contributed by atoms with Gasteiger partial charge in [-0.1, -0.05) is 26.0 Å². The van der Waals surface area contributed by atoms with Crippen molar-refractivity contribution >= 4 is 55.2 Å². The molecule has 31 heavy (non-hydrogen) atoms. The van der Waals surface area contributed by atoms with Crippen LogP contribution in [0.25, 0.3) is 21.4 Å². The summed E-state index contributed by atoms with van der Waals surface area (Å²) in [5.41, 5.74) is 2.69. The molecule has 0 radical (unpaired) electrons. The molecule has 10 heteroatoms. The highest BCUT2D eigenvalue weighted by Gasteiger charge is 2.21. The van der Waals surface area contributed by atoms with Crippen molar-refractivity contribution in [2.45, 2.75) is 13.8 Å². The van der Waals surface area contributed by atoms with Crippen molar-refractivity contribution in [3.63, 3.8) is 0 Å². The zero-order valence-corrected chi connectivity index (χ0v) is 19.8. The van der Waals surface area contributed by atoms with Crippen molar-refractivity contribution in [2.24, 2.45) is 0 Å². The van der Waals surface area contributed by atoms with E-state index >= 15 is 0 Å². The Morgan fingerprint density at radius 1 is 1.10 bits per heavy atom. The molecule has 2 aromatic heterocycles. The molecule has 1 aliphatic heterocycles. The average molecular weight is 481 g/mol. The van der Waals surface area contributed by atoms with Crippen molar-refractivity contribution in [3.05, 3.63) is 45.9 Å². The molecular formula is C21H24N2O5S3. The lowest BCUT2D eigenvalue weighted by molar-refractivity contribution is 0.121. The number of hydrogen-bond donors (Lipinski definition) is 0. The third-order valence-corrected chi connectivity index (χ3v) is 9.11. The zero-order chi connectivity index (χ0) is 22.0. The summed E-state index contributed by atoms with van der Waals surface area (Å²) in [5.74, 6) is 1.28. The van der Waals surface area contributed by atoms with Gasteiger partial charge in [-0.15, -0.1) is 11.3 Å². The molecular weight excluding hydrogens is 456 g/mol. The van der Waals surface area contributed by atoms with Crippen LogP contribution in [0, 0.1) is 0 Å². The lowest BCUT2D eigenvalue weighted by Gasteiger charge is -2.27. The molecule has 2 atom stereocenters. The molecule has 1 aliphatic rings. The van der Waals surface area contributed by atoms with Gasteiger partial charge in [0.05, 0.1) is 18.9 Å². The Hall–Kier alpha value is -2.01. The first-order valence-corrected chi connectivity index (χ1v) is 13.5. The van der Waals surface area contributed by atoms with Gasteiger partial charge in [0.15, 0.2) is 11.5 Å². The second-order valence-corrected chi connectivity index (χ2v) is 11.2. The quantitative estimate of drug-likeness (QED) is 0.515. The van der Waals surface area contributed by atoms with E-state index in [9.17, 15) is 13.2 Å². The predicted molar refractivity (Wildman–Crippen MR) is 129 cm³/mol. The number of morpholine rings is 1. The van der Waals surface area contributed by atoms with Crippen LogP contribution in [-0.2, 0) is 26.7 Å². The molecule has 0 saturated carbocycles. The van der Waals surface area contributed by atoms with E-state index in [1.54, 1.807) is 26.0 Å². The second kappa shape index (κ2) is 9.64. The van der Waals surface area contributed by atoms with E-state index in [1.165, 1.54) is 15.0 Å². The van der Waals surface area contributed by atoms with Gasteiger partial charge in [0.25, 0.3) is 0 Å². The van der Waals surface area contributed by atoms with Gasteiger partial charge >= 0.3 is 0 Å². The van der Waals surface area contributed by atoms with Crippen LogP contribution in [0.15, 0.2) is 44.9 Å². The number of fused-ring (bicyclic) bond motifs is 1. The molecule has 166 valence electrons. The average Bonchev–Trinajstić information content (AvgIpc) is 3.24. The normalized spacial score (nSPS) is 16.4. The van der Waals surface area contributed by atoms with Gasteiger partial charge in [0, 0.05) is 41.6 Å². The molecule has 0 aliphatic carbocycles. The number of hydrogen-bond acceptors (Lipinski definition) is 7. The highest BCUT2D eigenvalue weighted by molar-refractivity contribution is 8.04. The van der Waals surface area contributed by atoms with Crippen LogP contribution in [0.2, 0.25) is 0 Å². The van der Waals surface area contributed by atoms with Crippen molar-refractivity contribution in [2.75, 3.05) is 46.4 Å². The maximum absolute atomic E-state index is 12.7. The van der Waals surface area contributed by atoms with E-state index in [-0.39, 0.29) is 5.43 Å². The third-order valence-electron chi connectivity index (χ3n) is 4.99. The van der Waals surface area contributed by atoms with Crippen LogP contribution >= 0.6 is 11.3 Å². The summed E-state index contributed by atoms with van der Waals surface area (Å²) in [5, 5.41) is 1.90. The van der Waals surface area contributed by atoms with Gasteiger partial charge in [-0.05, 0) is 17.7 Å². The summed E-state index contributed by atoms with van der Waals surface area (Å²) < 4.78 is 38.7. The van der Waals surface area contributed by atoms with Gasteiger partial charge in [-0.3, -0.25) is 4.79 Å². The molecule has 0 amide bonds. The molecule has 1 aromatic carbocycles. The number of rotatable bonds is 7. The molecule has 3 heterocycles. The lowest BCUT2D eigenvalue weighted by atomic mass is 10.1. The van der Waals surface area contributed by atoms with Crippen molar-refractivity contribution in [3.8, 4) is 11.1 Å². The Labute approximate surface area is 189 Å². The Balaban J connectivity index is 1.79. The minimum Gasteiger partial charge on any atom is -0.439 e. The molecule has 2 unspecified atom stereocenters. The van der Waals surface area contributed by atoms with Crippen LogP contribution in [-0.4, -0.2) is 46.2 Å². The Kier molecular flexibility index (Phi) is 6.90. The van der Waals surface area contributed by atoms with Crippen molar-refractivity contribution in [1.82, 2.24) is 0 Å². The number of ether oxygens (including phenoxy) is 1. The van der Waals surface area contributed by atoms with Gasteiger partial charge < -0.3 is 14.1 Å². The number of anilines is 2. The summed E-state index contributed by atoms with van der Waals surface area (Å²) >= 11 is 1.34. The monoisotopic (exact) mass is 480 g/mol. The van der Waals surface area contributed by atoms with Gasteiger partial charge in [0.1, 0.15) is 26.7 Å². The molecule has 3 aromatic rings.